The molecule has 118 valence electrons. The molecule has 0 saturated carbocycles. The summed E-state index contributed by atoms with van der Waals surface area (Å²) in [6.07, 6.45) is 3.70. The molecule has 0 spiro atoms. The molecule has 0 amide bonds. The lowest BCUT2D eigenvalue weighted by atomic mass is 10.4. The Hall–Kier alpha value is -1.67. The van der Waals surface area contributed by atoms with Crippen LogP contribution < -0.4 is 21.3 Å². The quantitative estimate of drug-likeness (QED) is 0.368. The number of nitrogens with one attached hydrogen (secondary N) is 2. The van der Waals surface area contributed by atoms with Gasteiger partial charge in [0, 0.05) is 6.54 Å². The minimum Gasteiger partial charge on any atom is -0.461 e. The Balaban J connectivity index is 1.82. The second-order valence-electron chi connectivity index (χ2n) is 5.41. The van der Waals surface area contributed by atoms with Crippen LogP contribution in [0.1, 0.15) is 33.1 Å². The molecule has 0 radical (unpaired) electrons. The van der Waals surface area contributed by atoms with Crippen LogP contribution in [0.25, 0.3) is 0 Å². The zero-order valence-corrected chi connectivity index (χ0v) is 12.8. The van der Waals surface area contributed by atoms with Gasteiger partial charge in [0.1, 0.15) is 0 Å². The van der Waals surface area contributed by atoms with E-state index in [1.807, 2.05) is 13.8 Å². The van der Waals surface area contributed by atoms with Gasteiger partial charge in [0.25, 0.3) is 0 Å². The molecular weight excluding hydrogens is 270 g/mol. The molecule has 0 atom stereocenters. The van der Waals surface area contributed by atoms with E-state index in [-0.39, 0.29) is 12.1 Å². The summed E-state index contributed by atoms with van der Waals surface area (Å²) in [6, 6.07) is 0.273. The Morgan fingerprint density at radius 1 is 1.19 bits per heavy atom. The van der Waals surface area contributed by atoms with Crippen LogP contribution in [-0.2, 0) is 0 Å². The van der Waals surface area contributed by atoms with E-state index in [0.717, 1.165) is 19.5 Å². The van der Waals surface area contributed by atoms with Crippen LogP contribution in [0.15, 0.2) is 0 Å². The molecule has 0 bridgehead atoms. The van der Waals surface area contributed by atoms with Crippen molar-refractivity contribution >= 4 is 11.9 Å². The van der Waals surface area contributed by atoms with Crippen molar-refractivity contribution < 1.29 is 4.74 Å². The average Bonchev–Trinajstić information content (AvgIpc) is 2.96. The van der Waals surface area contributed by atoms with Crippen molar-refractivity contribution in [1.29, 1.82) is 0 Å². The predicted molar refractivity (Wildman–Crippen MR) is 82.2 cm³/mol. The SMILES string of the molecule is CC(C)Oc1nc(NN)nc(NCCCN2CCCC2)n1. The molecule has 2 heterocycles. The lowest BCUT2D eigenvalue weighted by Crippen LogP contribution is -2.23. The van der Waals surface area contributed by atoms with E-state index < -0.39 is 0 Å². The molecule has 1 saturated heterocycles. The standard InChI is InChI=1S/C13H25N7O/c1-10(2)21-13-17-11(16-12(18-13)19-14)15-6-5-9-20-7-3-4-8-20/h10H,3-9,14H2,1-2H3,(H2,15,16,17,18,19). The fraction of sp³-hybridized carbons (Fsp3) is 0.769. The van der Waals surface area contributed by atoms with Crippen LogP contribution in [0.3, 0.4) is 0 Å². The number of anilines is 2. The number of ether oxygens (including phenoxy) is 1. The zero-order valence-electron chi connectivity index (χ0n) is 12.8. The van der Waals surface area contributed by atoms with Crippen LogP contribution in [0.2, 0.25) is 0 Å². The van der Waals surface area contributed by atoms with E-state index in [2.05, 4.69) is 30.6 Å². The predicted octanol–water partition coefficient (Wildman–Crippen LogP) is 0.842. The average molecular weight is 295 g/mol. The maximum atomic E-state index is 5.48. The topological polar surface area (TPSA) is 101 Å². The summed E-state index contributed by atoms with van der Waals surface area (Å²) in [5, 5.41) is 3.19. The van der Waals surface area contributed by atoms with Crippen molar-refractivity contribution in [2.45, 2.75) is 39.2 Å². The summed E-state index contributed by atoms with van der Waals surface area (Å²) in [7, 11) is 0. The van der Waals surface area contributed by atoms with Crippen molar-refractivity contribution in [1.82, 2.24) is 19.9 Å². The maximum absolute atomic E-state index is 5.48. The van der Waals surface area contributed by atoms with Gasteiger partial charge in [-0.05, 0) is 52.7 Å². The van der Waals surface area contributed by atoms with Crippen LogP contribution in [0.5, 0.6) is 6.01 Å². The van der Waals surface area contributed by atoms with E-state index in [4.69, 9.17) is 10.6 Å². The number of nitrogen functional groups attached to an aromatic ring is 1. The van der Waals surface area contributed by atoms with Crippen LogP contribution in [0, 0.1) is 0 Å². The van der Waals surface area contributed by atoms with Crippen molar-refractivity contribution in [2.24, 2.45) is 5.84 Å². The third-order valence-corrected chi connectivity index (χ3v) is 3.22. The van der Waals surface area contributed by atoms with E-state index in [1.165, 1.54) is 25.9 Å². The van der Waals surface area contributed by atoms with E-state index in [1.54, 1.807) is 0 Å². The van der Waals surface area contributed by atoms with Gasteiger partial charge >= 0.3 is 6.01 Å². The van der Waals surface area contributed by atoms with Gasteiger partial charge in [0.05, 0.1) is 6.10 Å². The molecule has 1 fully saturated rings. The van der Waals surface area contributed by atoms with E-state index in [9.17, 15) is 0 Å². The number of likely N-dealkylation sites (tertiary alicyclic amines) is 1. The smallest absolute Gasteiger partial charge is 0.323 e. The molecule has 1 aromatic heterocycles. The molecule has 1 aliphatic rings. The number of aromatic nitrogens is 3. The molecule has 0 aromatic carbocycles. The maximum Gasteiger partial charge on any atom is 0.323 e. The summed E-state index contributed by atoms with van der Waals surface area (Å²) in [6.45, 7) is 8.20. The Bertz CT molecular complexity index is 435. The zero-order chi connectivity index (χ0) is 15.1. The van der Waals surface area contributed by atoms with Crippen molar-refractivity contribution in [3.63, 3.8) is 0 Å². The van der Waals surface area contributed by atoms with Gasteiger partial charge in [0.15, 0.2) is 0 Å². The molecule has 0 unspecified atom stereocenters. The van der Waals surface area contributed by atoms with Gasteiger partial charge in [-0.3, -0.25) is 5.43 Å². The Morgan fingerprint density at radius 3 is 2.57 bits per heavy atom. The van der Waals surface area contributed by atoms with Gasteiger partial charge < -0.3 is 15.0 Å². The highest BCUT2D eigenvalue weighted by Gasteiger charge is 2.11. The van der Waals surface area contributed by atoms with Crippen molar-refractivity contribution in [3.05, 3.63) is 0 Å². The molecule has 1 aliphatic heterocycles. The lowest BCUT2D eigenvalue weighted by Gasteiger charge is -2.14. The number of hydrazine groups is 1. The molecule has 4 N–H and O–H groups in total. The first-order valence-corrected chi connectivity index (χ1v) is 7.53. The molecule has 21 heavy (non-hydrogen) atoms. The van der Waals surface area contributed by atoms with Crippen LogP contribution >= 0.6 is 0 Å². The summed E-state index contributed by atoms with van der Waals surface area (Å²) < 4.78 is 5.48. The van der Waals surface area contributed by atoms with Gasteiger partial charge in [-0.1, -0.05) is 0 Å². The number of hydrogen-bond acceptors (Lipinski definition) is 8. The highest BCUT2D eigenvalue weighted by atomic mass is 16.5. The first kappa shape index (κ1) is 15.7. The van der Waals surface area contributed by atoms with E-state index in [0.29, 0.717) is 11.9 Å². The lowest BCUT2D eigenvalue weighted by molar-refractivity contribution is 0.222. The number of rotatable bonds is 8. The van der Waals surface area contributed by atoms with Gasteiger partial charge in [-0.2, -0.15) is 15.0 Å². The minimum absolute atomic E-state index is 0.000964. The van der Waals surface area contributed by atoms with Gasteiger partial charge in [-0.25, -0.2) is 5.84 Å². The number of nitrogens with two attached hydrogens (primary N) is 1. The fourth-order valence-electron chi connectivity index (χ4n) is 2.27. The second kappa shape index (κ2) is 7.94. The summed E-state index contributed by atoms with van der Waals surface area (Å²) >= 11 is 0. The Labute approximate surface area is 125 Å². The van der Waals surface area contributed by atoms with Crippen molar-refractivity contribution in [3.8, 4) is 6.01 Å². The molecule has 8 nitrogen and oxygen atoms in total. The van der Waals surface area contributed by atoms with Gasteiger partial charge in [-0.15, -0.1) is 0 Å². The fourth-order valence-corrected chi connectivity index (χ4v) is 2.27. The summed E-state index contributed by atoms with van der Waals surface area (Å²) in [4.78, 5) is 14.9. The largest absolute Gasteiger partial charge is 0.461 e. The monoisotopic (exact) mass is 295 g/mol. The van der Waals surface area contributed by atoms with Crippen LogP contribution in [-0.4, -0.2) is 52.1 Å². The Morgan fingerprint density at radius 2 is 1.90 bits per heavy atom. The minimum atomic E-state index is 0.000964. The second-order valence-corrected chi connectivity index (χ2v) is 5.41. The summed E-state index contributed by atoms with van der Waals surface area (Å²) in [5.41, 5.74) is 2.43. The van der Waals surface area contributed by atoms with Gasteiger partial charge in [0.2, 0.25) is 11.9 Å². The highest BCUT2D eigenvalue weighted by molar-refractivity contribution is 5.34. The normalized spacial score (nSPS) is 15.4. The highest BCUT2D eigenvalue weighted by Crippen LogP contribution is 2.12. The number of hydrogen-bond donors (Lipinski definition) is 3. The Kier molecular flexibility index (Phi) is 5.94. The van der Waals surface area contributed by atoms with E-state index >= 15 is 0 Å². The first-order valence-electron chi connectivity index (χ1n) is 7.53. The molecular formula is C13H25N7O. The third kappa shape index (κ3) is 5.31. The number of nitrogens with zero attached hydrogens (tertiary/aromatic N) is 4. The molecule has 0 aliphatic carbocycles. The van der Waals surface area contributed by atoms with Crippen molar-refractivity contribution in [2.75, 3.05) is 36.9 Å². The third-order valence-electron chi connectivity index (χ3n) is 3.22. The molecule has 1 aromatic rings. The first-order chi connectivity index (χ1) is 10.2. The molecule has 2 rings (SSSR count). The summed E-state index contributed by atoms with van der Waals surface area (Å²) in [5.74, 6) is 6.14. The molecule has 8 heteroatoms. The van der Waals surface area contributed by atoms with Crippen LogP contribution in [0.4, 0.5) is 11.9 Å².